The van der Waals surface area contributed by atoms with Gasteiger partial charge in [-0.1, -0.05) is 51.1 Å². The van der Waals surface area contributed by atoms with Crippen LogP contribution in [0.15, 0.2) is 30.3 Å². The van der Waals surface area contributed by atoms with Crippen molar-refractivity contribution >= 4 is 17.8 Å². The Morgan fingerprint density at radius 1 is 1.13 bits per heavy atom. The molecule has 0 aliphatic rings. The minimum Gasteiger partial charge on any atom is -0.461 e. The van der Waals surface area contributed by atoms with E-state index in [1.165, 1.54) is 7.11 Å². The van der Waals surface area contributed by atoms with Crippen molar-refractivity contribution in [1.82, 2.24) is 5.32 Å². The van der Waals surface area contributed by atoms with Gasteiger partial charge in [-0.2, -0.15) is 0 Å². The Morgan fingerprint density at radius 3 is 2.26 bits per heavy atom. The number of hydrogen-bond donors (Lipinski definition) is 1. The molecule has 0 radical (unpaired) electrons. The van der Waals surface area contributed by atoms with Crippen LogP contribution in [0.3, 0.4) is 0 Å². The van der Waals surface area contributed by atoms with Crippen LogP contribution in [0.5, 0.6) is 0 Å². The van der Waals surface area contributed by atoms with E-state index in [4.69, 9.17) is 4.74 Å². The molecular weight excluding hydrogens is 298 g/mol. The molecule has 0 heterocycles. The number of rotatable bonds is 6. The summed E-state index contributed by atoms with van der Waals surface area (Å²) < 4.78 is 9.65. The van der Waals surface area contributed by atoms with Crippen LogP contribution in [0.25, 0.3) is 0 Å². The molecule has 1 atom stereocenters. The predicted octanol–water partition coefficient (Wildman–Crippen LogP) is 2.46. The van der Waals surface area contributed by atoms with Crippen molar-refractivity contribution in [2.24, 2.45) is 5.41 Å². The largest absolute Gasteiger partial charge is 0.461 e. The fraction of sp³-hybridized carbons (Fsp3) is 0.471. The summed E-state index contributed by atoms with van der Waals surface area (Å²) in [6, 6.07) is 8.23. The van der Waals surface area contributed by atoms with E-state index in [0.717, 1.165) is 5.56 Å². The first-order valence-electron chi connectivity index (χ1n) is 7.32. The van der Waals surface area contributed by atoms with Crippen LogP contribution in [0.1, 0.15) is 32.8 Å². The van der Waals surface area contributed by atoms with Crippen LogP contribution in [-0.4, -0.2) is 31.0 Å². The summed E-state index contributed by atoms with van der Waals surface area (Å²) in [6.45, 7) is 5.28. The van der Waals surface area contributed by atoms with E-state index in [0.29, 0.717) is 0 Å². The van der Waals surface area contributed by atoms with Gasteiger partial charge in [0.1, 0.15) is 12.6 Å². The highest BCUT2D eigenvalue weighted by Crippen LogP contribution is 2.19. The summed E-state index contributed by atoms with van der Waals surface area (Å²) in [7, 11) is 1.20. The Hall–Kier alpha value is -2.37. The third-order valence-electron chi connectivity index (χ3n) is 3.15. The molecule has 1 aromatic rings. The molecule has 1 amide bonds. The zero-order valence-electron chi connectivity index (χ0n) is 13.9. The third-order valence-corrected chi connectivity index (χ3v) is 3.15. The van der Waals surface area contributed by atoms with Crippen LogP contribution in [0.4, 0.5) is 4.79 Å². The molecule has 126 valence electrons. The van der Waals surface area contributed by atoms with Crippen LogP contribution < -0.4 is 5.32 Å². The molecular formula is C17H23NO5. The first-order chi connectivity index (χ1) is 10.7. The molecule has 0 aliphatic heterocycles. The number of amides is 1. The Kier molecular flexibility index (Phi) is 6.75. The van der Waals surface area contributed by atoms with Gasteiger partial charge < -0.3 is 14.8 Å². The van der Waals surface area contributed by atoms with E-state index in [-0.39, 0.29) is 18.8 Å². The van der Waals surface area contributed by atoms with Crippen molar-refractivity contribution in [1.29, 1.82) is 0 Å². The van der Waals surface area contributed by atoms with Crippen molar-refractivity contribution < 1.29 is 23.9 Å². The van der Waals surface area contributed by atoms with E-state index < -0.39 is 23.5 Å². The topological polar surface area (TPSA) is 81.7 Å². The van der Waals surface area contributed by atoms with Gasteiger partial charge in [-0.15, -0.1) is 0 Å². The fourth-order valence-electron chi connectivity index (χ4n) is 1.90. The second-order valence-electron chi connectivity index (χ2n) is 6.15. The lowest BCUT2D eigenvalue weighted by Gasteiger charge is -2.24. The van der Waals surface area contributed by atoms with Gasteiger partial charge in [-0.25, -0.2) is 4.79 Å². The van der Waals surface area contributed by atoms with Crippen LogP contribution in [0.2, 0.25) is 0 Å². The minimum atomic E-state index is -0.981. The zero-order valence-corrected chi connectivity index (χ0v) is 13.9. The van der Waals surface area contributed by atoms with E-state index in [1.54, 1.807) is 20.8 Å². The first kappa shape index (κ1) is 18.7. The molecule has 0 saturated heterocycles. The van der Waals surface area contributed by atoms with Crippen LogP contribution >= 0.6 is 0 Å². The Bertz CT molecular complexity index is 548. The number of carbonyl (C=O) groups is 3. The standard InChI is InChI=1S/C17H23NO5/c1-17(2,3)15(20)13(18-16(21)22-4)10-14(19)23-11-12-8-6-5-7-9-12/h5-9,13H,10-11H2,1-4H3,(H,18,21)/t13-/m0/s1. The number of ketones is 1. The SMILES string of the molecule is COC(=O)N[C@@H](CC(=O)OCc1ccccc1)C(=O)C(C)(C)C. The molecule has 0 bridgehead atoms. The van der Waals surface area contributed by atoms with Gasteiger partial charge in [0, 0.05) is 5.41 Å². The minimum absolute atomic E-state index is 0.119. The summed E-state index contributed by atoms with van der Waals surface area (Å²) >= 11 is 0. The second kappa shape index (κ2) is 8.31. The molecule has 1 rings (SSSR count). The van der Waals surface area contributed by atoms with E-state index >= 15 is 0 Å². The quantitative estimate of drug-likeness (QED) is 0.814. The van der Waals surface area contributed by atoms with Crippen molar-refractivity contribution in [3.8, 4) is 0 Å². The predicted molar refractivity (Wildman–Crippen MR) is 84.6 cm³/mol. The van der Waals surface area contributed by atoms with Crippen LogP contribution in [-0.2, 0) is 25.7 Å². The number of benzene rings is 1. The summed E-state index contributed by atoms with van der Waals surface area (Å²) in [5.74, 6) is -0.826. The van der Waals surface area contributed by atoms with E-state index in [9.17, 15) is 14.4 Å². The number of Topliss-reactive ketones (excluding diaryl/α,β-unsaturated/α-hetero) is 1. The summed E-state index contributed by atoms with van der Waals surface area (Å²) in [6.07, 6.45) is -0.999. The van der Waals surface area contributed by atoms with Gasteiger partial charge in [-0.3, -0.25) is 9.59 Å². The molecule has 23 heavy (non-hydrogen) atoms. The number of methoxy groups -OCH3 is 1. The number of carbonyl (C=O) groups excluding carboxylic acids is 3. The number of esters is 1. The molecule has 0 spiro atoms. The number of alkyl carbamates (subject to hydrolysis) is 1. The maximum atomic E-state index is 12.3. The first-order valence-corrected chi connectivity index (χ1v) is 7.32. The fourth-order valence-corrected chi connectivity index (χ4v) is 1.90. The average molecular weight is 321 g/mol. The highest BCUT2D eigenvalue weighted by Gasteiger charge is 2.33. The zero-order chi connectivity index (χ0) is 17.5. The van der Waals surface area contributed by atoms with Crippen molar-refractivity contribution in [3.63, 3.8) is 0 Å². The second-order valence-corrected chi connectivity index (χ2v) is 6.15. The Labute approximate surface area is 136 Å². The van der Waals surface area contributed by atoms with Crippen molar-refractivity contribution in [2.45, 2.75) is 39.8 Å². The van der Waals surface area contributed by atoms with Crippen molar-refractivity contribution in [2.75, 3.05) is 7.11 Å². The molecule has 0 aliphatic carbocycles. The number of ether oxygens (including phenoxy) is 2. The molecule has 0 unspecified atom stereocenters. The molecule has 1 N–H and O–H groups in total. The molecule has 1 aromatic carbocycles. The highest BCUT2D eigenvalue weighted by atomic mass is 16.5. The normalized spacial score (nSPS) is 12.2. The van der Waals surface area contributed by atoms with Gasteiger partial charge in [-0.05, 0) is 5.56 Å². The summed E-state index contributed by atoms with van der Waals surface area (Å²) in [5.41, 5.74) is 0.145. The summed E-state index contributed by atoms with van der Waals surface area (Å²) in [5, 5.41) is 2.39. The third kappa shape index (κ3) is 6.50. The molecule has 6 heteroatoms. The van der Waals surface area contributed by atoms with Crippen molar-refractivity contribution in [3.05, 3.63) is 35.9 Å². The molecule has 0 saturated carbocycles. The maximum Gasteiger partial charge on any atom is 0.407 e. The monoisotopic (exact) mass is 321 g/mol. The van der Waals surface area contributed by atoms with Crippen LogP contribution in [0, 0.1) is 5.41 Å². The molecule has 6 nitrogen and oxygen atoms in total. The lowest BCUT2D eigenvalue weighted by atomic mass is 9.85. The number of nitrogens with one attached hydrogen (secondary N) is 1. The smallest absolute Gasteiger partial charge is 0.407 e. The van der Waals surface area contributed by atoms with Gasteiger partial charge in [0.2, 0.25) is 0 Å². The summed E-state index contributed by atoms with van der Waals surface area (Å²) in [4.78, 5) is 35.7. The lowest BCUT2D eigenvalue weighted by molar-refractivity contribution is -0.147. The van der Waals surface area contributed by atoms with Gasteiger partial charge in [0.05, 0.1) is 13.5 Å². The van der Waals surface area contributed by atoms with Gasteiger partial charge >= 0.3 is 12.1 Å². The van der Waals surface area contributed by atoms with Gasteiger partial charge in [0.25, 0.3) is 0 Å². The van der Waals surface area contributed by atoms with E-state index in [2.05, 4.69) is 10.1 Å². The number of hydrogen-bond acceptors (Lipinski definition) is 5. The van der Waals surface area contributed by atoms with E-state index in [1.807, 2.05) is 30.3 Å². The average Bonchev–Trinajstić information content (AvgIpc) is 2.51. The molecule has 0 fully saturated rings. The Morgan fingerprint density at radius 2 is 1.74 bits per heavy atom. The lowest BCUT2D eigenvalue weighted by Crippen LogP contribution is -2.46. The Balaban J connectivity index is 2.66. The maximum absolute atomic E-state index is 12.3. The van der Waals surface area contributed by atoms with Gasteiger partial charge in [0.15, 0.2) is 5.78 Å². The highest BCUT2D eigenvalue weighted by molar-refractivity contribution is 5.94. The molecule has 0 aromatic heterocycles.